The molecule has 0 fully saturated rings. The van der Waals surface area contributed by atoms with Crippen LogP contribution in [0.25, 0.3) is 21.2 Å². The number of carbonyl (C=O) groups excluding carboxylic acids is 2. The molecule has 160 valence electrons. The first-order valence-corrected chi connectivity index (χ1v) is 10.3. The first-order chi connectivity index (χ1) is 15.0. The standard InChI is InChI=1S/C22H20N2O6S/c1-4-29-19(25)12-24-15-9-8-14(27-2)11-18(15)31-22(24)23-21(26)17-10-13-6-5-7-16(28-3)20(13)30-17/h5-11H,4,12H2,1-3H3. The third-order valence-corrected chi connectivity index (χ3v) is 5.66. The summed E-state index contributed by atoms with van der Waals surface area (Å²) in [5.41, 5.74) is 1.22. The Hall–Kier alpha value is -3.59. The van der Waals surface area contributed by atoms with Crippen molar-refractivity contribution >= 4 is 44.4 Å². The van der Waals surface area contributed by atoms with E-state index in [1.807, 2.05) is 24.3 Å². The topological polar surface area (TPSA) is 92.3 Å². The third kappa shape index (κ3) is 4.04. The van der Waals surface area contributed by atoms with E-state index in [-0.39, 0.29) is 18.9 Å². The highest BCUT2D eigenvalue weighted by molar-refractivity contribution is 7.16. The van der Waals surface area contributed by atoms with Crippen LogP contribution in [0, 0.1) is 0 Å². The summed E-state index contributed by atoms with van der Waals surface area (Å²) in [6.45, 7) is 1.94. The highest BCUT2D eigenvalue weighted by atomic mass is 32.1. The van der Waals surface area contributed by atoms with Gasteiger partial charge in [0.1, 0.15) is 12.3 Å². The fourth-order valence-corrected chi connectivity index (χ4v) is 4.26. The minimum Gasteiger partial charge on any atom is -0.497 e. The zero-order valence-electron chi connectivity index (χ0n) is 17.2. The second kappa shape index (κ2) is 8.65. The van der Waals surface area contributed by atoms with Crippen LogP contribution in [0.15, 0.2) is 51.9 Å². The number of esters is 1. The lowest BCUT2D eigenvalue weighted by Gasteiger charge is -2.05. The van der Waals surface area contributed by atoms with Gasteiger partial charge in [-0.1, -0.05) is 23.5 Å². The van der Waals surface area contributed by atoms with Crippen molar-refractivity contribution in [2.24, 2.45) is 4.99 Å². The molecule has 31 heavy (non-hydrogen) atoms. The van der Waals surface area contributed by atoms with Crippen LogP contribution >= 0.6 is 11.3 Å². The Morgan fingerprint density at radius 1 is 1.13 bits per heavy atom. The molecule has 0 bridgehead atoms. The Morgan fingerprint density at radius 2 is 1.97 bits per heavy atom. The summed E-state index contributed by atoms with van der Waals surface area (Å²) in [6.07, 6.45) is 0. The van der Waals surface area contributed by atoms with E-state index >= 15 is 0 Å². The number of hydrogen-bond acceptors (Lipinski definition) is 7. The van der Waals surface area contributed by atoms with E-state index in [1.165, 1.54) is 18.4 Å². The molecule has 0 unspecified atom stereocenters. The Labute approximate surface area is 181 Å². The summed E-state index contributed by atoms with van der Waals surface area (Å²) in [5.74, 6) is 0.300. The molecular formula is C22H20N2O6S. The van der Waals surface area contributed by atoms with Crippen LogP contribution in [0.1, 0.15) is 17.5 Å². The van der Waals surface area contributed by atoms with Gasteiger partial charge in [0.25, 0.3) is 0 Å². The van der Waals surface area contributed by atoms with Gasteiger partial charge in [-0.15, -0.1) is 0 Å². The second-order valence-corrected chi connectivity index (χ2v) is 7.52. The van der Waals surface area contributed by atoms with Crippen LogP contribution < -0.4 is 14.3 Å². The van der Waals surface area contributed by atoms with Crippen molar-refractivity contribution in [3.8, 4) is 11.5 Å². The predicted octanol–water partition coefficient (Wildman–Crippen LogP) is 3.77. The van der Waals surface area contributed by atoms with E-state index in [1.54, 1.807) is 36.8 Å². The van der Waals surface area contributed by atoms with Crippen molar-refractivity contribution < 1.29 is 28.2 Å². The van der Waals surface area contributed by atoms with Gasteiger partial charge in [0, 0.05) is 5.39 Å². The number of aromatic nitrogens is 1. The van der Waals surface area contributed by atoms with Crippen molar-refractivity contribution in [2.45, 2.75) is 13.5 Å². The van der Waals surface area contributed by atoms with Crippen LogP contribution in [-0.2, 0) is 16.1 Å². The molecule has 0 atom stereocenters. The lowest BCUT2D eigenvalue weighted by atomic mass is 10.2. The van der Waals surface area contributed by atoms with Gasteiger partial charge in [0.2, 0.25) is 0 Å². The molecule has 0 saturated heterocycles. The number of benzene rings is 2. The van der Waals surface area contributed by atoms with Crippen LogP contribution in [0.3, 0.4) is 0 Å². The number of thiazole rings is 1. The molecule has 0 N–H and O–H groups in total. The largest absolute Gasteiger partial charge is 0.497 e. The van der Waals surface area contributed by atoms with E-state index in [2.05, 4.69) is 4.99 Å². The maximum atomic E-state index is 12.9. The zero-order valence-corrected chi connectivity index (χ0v) is 18.0. The average Bonchev–Trinajstić information content (AvgIpc) is 3.35. The summed E-state index contributed by atoms with van der Waals surface area (Å²) in [7, 11) is 3.11. The minimum absolute atomic E-state index is 0.0692. The number of hydrogen-bond donors (Lipinski definition) is 0. The van der Waals surface area contributed by atoms with Crippen molar-refractivity contribution in [1.82, 2.24) is 4.57 Å². The Bertz CT molecular complexity index is 1350. The van der Waals surface area contributed by atoms with E-state index in [9.17, 15) is 9.59 Å². The number of carbonyl (C=O) groups is 2. The number of nitrogens with zero attached hydrogens (tertiary/aromatic N) is 2. The summed E-state index contributed by atoms with van der Waals surface area (Å²) < 4.78 is 23.8. The number of rotatable bonds is 6. The van der Waals surface area contributed by atoms with Gasteiger partial charge in [-0.3, -0.25) is 9.59 Å². The van der Waals surface area contributed by atoms with E-state index in [0.717, 1.165) is 15.6 Å². The van der Waals surface area contributed by atoms with Gasteiger partial charge in [-0.05, 0) is 37.3 Å². The summed E-state index contributed by atoms with van der Waals surface area (Å²) >= 11 is 1.27. The molecule has 0 aliphatic rings. The number of methoxy groups -OCH3 is 2. The molecule has 2 heterocycles. The SMILES string of the molecule is CCOC(=O)Cn1c(=NC(=O)c2cc3cccc(OC)c3o2)sc2cc(OC)ccc21. The number of ether oxygens (including phenoxy) is 3. The molecule has 0 radical (unpaired) electrons. The van der Waals surface area contributed by atoms with Crippen molar-refractivity contribution in [1.29, 1.82) is 0 Å². The summed E-state index contributed by atoms with van der Waals surface area (Å²) in [5, 5.41) is 0.735. The smallest absolute Gasteiger partial charge is 0.326 e. The predicted molar refractivity (Wildman–Crippen MR) is 116 cm³/mol. The molecule has 4 aromatic rings. The van der Waals surface area contributed by atoms with Gasteiger partial charge >= 0.3 is 11.9 Å². The number of furan rings is 1. The maximum absolute atomic E-state index is 12.9. The fraction of sp³-hybridized carbons (Fsp3) is 0.227. The average molecular weight is 440 g/mol. The summed E-state index contributed by atoms with van der Waals surface area (Å²) in [4.78, 5) is 29.6. The Morgan fingerprint density at radius 3 is 2.71 bits per heavy atom. The molecule has 0 saturated carbocycles. The summed E-state index contributed by atoms with van der Waals surface area (Å²) in [6, 6.07) is 12.4. The van der Waals surface area contributed by atoms with Crippen LogP contribution in [-0.4, -0.2) is 37.3 Å². The zero-order chi connectivity index (χ0) is 22.0. The molecule has 8 nitrogen and oxygen atoms in total. The van der Waals surface area contributed by atoms with Crippen molar-refractivity contribution in [3.05, 3.63) is 53.0 Å². The van der Waals surface area contributed by atoms with Crippen molar-refractivity contribution in [3.63, 3.8) is 0 Å². The Kier molecular flexibility index (Phi) is 5.77. The Balaban J connectivity index is 1.81. The quantitative estimate of drug-likeness (QED) is 0.424. The lowest BCUT2D eigenvalue weighted by Crippen LogP contribution is -2.23. The molecule has 0 aliphatic heterocycles. The van der Waals surface area contributed by atoms with Crippen LogP contribution in [0.2, 0.25) is 0 Å². The van der Waals surface area contributed by atoms with Crippen LogP contribution in [0.5, 0.6) is 11.5 Å². The van der Waals surface area contributed by atoms with E-state index in [4.69, 9.17) is 18.6 Å². The van der Waals surface area contributed by atoms with E-state index < -0.39 is 11.9 Å². The first kappa shape index (κ1) is 20.7. The normalized spacial score (nSPS) is 11.8. The third-order valence-electron chi connectivity index (χ3n) is 4.62. The van der Waals surface area contributed by atoms with Gasteiger partial charge in [-0.25, -0.2) is 0 Å². The molecule has 0 aliphatic carbocycles. The molecule has 2 aromatic carbocycles. The first-order valence-electron chi connectivity index (χ1n) is 9.52. The van der Waals surface area contributed by atoms with Gasteiger partial charge < -0.3 is 23.2 Å². The highest BCUT2D eigenvalue weighted by Gasteiger charge is 2.17. The molecule has 1 amide bonds. The van der Waals surface area contributed by atoms with Gasteiger partial charge in [-0.2, -0.15) is 4.99 Å². The van der Waals surface area contributed by atoms with Crippen LogP contribution in [0.4, 0.5) is 0 Å². The fourth-order valence-electron chi connectivity index (χ4n) is 3.20. The monoisotopic (exact) mass is 440 g/mol. The number of para-hydroxylation sites is 1. The van der Waals surface area contributed by atoms with Crippen molar-refractivity contribution in [2.75, 3.05) is 20.8 Å². The second-order valence-electron chi connectivity index (χ2n) is 6.52. The number of amides is 1. The van der Waals surface area contributed by atoms with E-state index in [0.29, 0.717) is 21.9 Å². The molecule has 9 heteroatoms. The minimum atomic E-state index is -0.561. The maximum Gasteiger partial charge on any atom is 0.326 e. The van der Waals surface area contributed by atoms with Gasteiger partial charge in [0.15, 0.2) is 21.9 Å². The highest BCUT2D eigenvalue weighted by Crippen LogP contribution is 2.29. The van der Waals surface area contributed by atoms with Gasteiger partial charge in [0.05, 0.1) is 31.0 Å². The number of fused-ring (bicyclic) bond motifs is 2. The molecule has 0 spiro atoms. The lowest BCUT2D eigenvalue weighted by molar-refractivity contribution is -0.143. The molecule has 4 rings (SSSR count). The molecule has 2 aromatic heterocycles. The molecular weight excluding hydrogens is 420 g/mol.